The molecule has 0 aliphatic carbocycles. The Hall–Kier alpha value is -2.12. The second kappa shape index (κ2) is 6.97. The van der Waals surface area contributed by atoms with Gasteiger partial charge in [-0.1, -0.05) is 22.0 Å². The summed E-state index contributed by atoms with van der Waals surface area (Å²) in [6.07, 6.45) is 1.71. The number of aromatic nitrogens is 1. The standard InChI is InChI=1S/C16H13BrN2O3S/c1-10-8-18-16(23-10)19-15(20)14-6-5-13(22-14)9-21-12-4-2-3-11(17)7-12/h2-8H,9H2,1H3,(H,18,19,20). The van der Waals surface area contributed by atoms with Crippen LogP contribution >= 0.6 is 27.3 Å². The molecule has 2 heterocycles. The van der Waals surface area contributed by atoms with Crippen LogP contribution in [0.2, 0.25) is 0 Å². The highest BCUT2D eigenvalue weighted by Gasteiger charge is 2.13. The van der Waals surface area contributed by atoms with E-state index < -0.39 is 0 Å². The van der Waals surface area contributed by atoms with Crippen molar-refractivity contribution < 1.29 is 13.9 Å². The van der Waals surface area contributed by atoms with Crippen LogP contribution in [0.1, 0.15) is 21.2 Å². The summed E-state index contributed by atoms with van der Waals surface area (Å²) in [5.74, 6) is 1.20. The van der Waals surface area contributed by atoms with Gasteiger partial charge in [-0.3, -0.25) is 10.1 Å². The van der Waals surface area contributed by atoms with Crippen LogP contribution in [0.3, 0.4) is 0 Å². The van der Waals surface area contributed by atoms with Crippen molar-refractivity contribution in [3.8, 4) is 5.75 Å². The molecule has 1 aromatic carbocycles. The number of carbonyl (C=O) groups excluding carboxylic acids is 1. The number of hydrogen-bond donors (Lipinski definition) is 1. The SMILES string of the molecule is Cc1cnc(NC(=O)c2ccc(COc3cccc(Br)c3)o2)s1. The molecule has 0 saturated carbocycles. The van der Waals surface area contributed by atoms with Gasteiger partial charge in [0.05, 0.1) is 0 Å². The highest BCUT2D eigenvalue weighted by molar-refractivity contribution is 9.10. The molecule has 0 spiro atoms. The minimum Gasteiger partial charge on any atom is -0.486 e. The Morgan fingerprint density at radius 1 is 1.39 bits per heavy atom. The first-order chi connectivity index (χ1) is 11.1. The number of halogens is 1. The molecule has 0 atom stereocenters. The Morgan fingerprint density at radius 3 is 3.00 bits per heavy atom. The van der Waals surface area contributed by atoms with Crippen LogP contribution in [-0.4, -0.2) is 10.9 Å². The van der Waals surface area contributed by atoms with Gasteiger partial charge in [0.1, 0.15) is 18.1 Å². The van der Waals surface area contributed by atoms with Crippen LogP contribution in [0.5, 0.6) is 5.75 Å². The van der Waals surface area contributed by atoms with Crippen molar-refractivity contribution in [1.82, 2.24) is 4.98 Å². The van der Waals surface area contributed by atoms with Crippen LogP contribution in [0.4, 0.5) is 5.13 Å². The summed E-state index contributed by atoms with van der Waals surface area (Å²) in [6.45, 7) is 2.18. The van der Waals surface area contributed by atoms with Crippen LogP contribution < -0.4 is 10.1 Å². The zero-order chi connectivity index (χ0) is 16.2. The summed E-state index contributed by atoms with van der Waals surface area (Å²) in [5.41, 5.74) is 0. The summed E-state index contributed by atoms with van der Waals surface area (Å²) < 4.78 is 12.1. The molecular formula is C16H13BrN2O3S. The molecule has 1 N–H and O–H groups in total. The van der Waals surface area contributed by atoms with Gasteiger partial charge in [-0.2, -0.15) is 0 Å². The van der Waals surface area contributed by atoms with Gasteiger partial charge in [-0.25, -0.2) is 4.98 Å². The maximum Gasteiger partial charge on any atom is 0.293 e. The second-order valence-electron chi connectivity index (χ2n) is 4.74. The highest BCUT2D eigenvalue weighted by atomic mass is 79.9. The summed E-state index contributed by atoms with van der Waals surface area (Å²) in [7, 11) is 0. The third kappa shape index (κ3) is 4.20. The number of furan rings is 1. The molecule has 2 aromatic heterocycles. The number of ether oxygens (including phenoxy) is 1. The Bertz CT molecular complexity index is 828. The fraction of sp³-hybridized carbons (Fsp3) is 0.125. The van der Waals surface area contributed by atoms with Gasteiger partial charge in [0.15, 0.2) is 10.9 Å². The monoisotopic (exact) mass is 392 g/mol. The number of rotatable bonds is 5. The zero-order valence-electron chi connectivity index (χ0n) is 12.2. The molecule has 0 fully saturated rings. The molecular weight excluding hydrogens is 380 g/mol. The zero-order valence-corrected chi connectivity index (χ0v) is 14.6. The number of benzene rings is 1. The average Bonchev–Trinajstić information content (AvgIpc) is 3.14. The Morgan fingerprint density at radius 2 is 2.26 bits per heavy atom. The van der Waals surface area contributed by atoms with E-state index in [1.54, 1.807) is 18.3 Å². The fourth-order valence-electron chi connectivity index (χ4n) is 1.86. The molecule has 0 aliphatic heterocycles. The Balaban J connectivity index is 1.60. The summed E-state index contributed by atoms with van der Waals surface area (Å²) in [4.78, 5) is 17.2. The number of carbonyl (C=O) groups is 1. The van der Waals surface area contributed by atoms with Gasteiger partial charge in [0, 0.05) is 15.5 Å². The average molecular weight is 393 g/mol. The topological polar surface area (TPSA) is 64.4 Å². The predicted molar refractivity (Wildman–Crippen MR) is 92.0 cm³/mol. The van der Waals surface area contributed by atoms with E-state index in [9.17, 15) is 4.79 Å². The van der Waals surface area contributed by atoms with Crippen molar-refractivity contribution in [2.24, 2.45) is 0 Å². The molecule has 3 aromatic rings. The first kappa shape index (κ1) is 15.8. The van der Waals surface area contributed by atoms with Crippen LogP contribution in [0, 0.1) is 6.92 Å². The van der Waals surface area contributed by atoms with Crippen molar-refractivity contribution in [2.75, 3.05) is 5.32 Å². The summed E-state index contributed by atoms with van der Waals surface area (Å²) in [5, 5.41) is 3.25. The van der Waals surface area contributed by atoms with Gasteiger partial charge in [0.2, 0.25) is 0 Å². The van der Waals surface area contributed by atoms with E-state index in [2.05, 4.69) is 26.2 Å². The quantitative estimate of drug-likeness (QED) is 0.686. The molecule has 0 radical (unpaired) electrons. The minimum absolute atomic E-state index is 0.227. The Labute approximate surface area is 145 Å². The van der Waals surface area contributed by atoms with E-state index >= 15 is 0 Å². The number of aryl methyl sites for hydroxylation is 1. The van der Waals surface area contributed by atoms with Gasteiger partial charge in [-0.15, -0.1) is 11.3 Å². The molecule has 0 bridgehead atoms. The summed E-state index contributed by atoms with van der Waals surface area (Å²) >= 11 is 4.80. The van der Waals surface area contributed by atoms with Crippen molar-refractivity contribution in [3.63, 3.8) is 0 Å². The number of anilines is 1. The maximum atomic E-state index is 12.1. The third-order valence-electron chi connectivity index (χ3n) is 2.90. The molecule has 3 rings (SSSR count). The highest BCUT2D eigenvalue weighted by Crippen LogP contribution is 2.20. The Kier molecular flexibility index (Phi) is 4.78. The molecule has 0 saturated heterocycles. The van der Waals surface area contributed by atoms with Crippen molar-refractivity contribution in [1.29, 1.82) is 0 Å². The van der Waals surface area contributed by atoms with E-state index in [0.717, 1.165) is 15.1 Å². The molecule has 118 valence electrons. The predicted octanol–water partition coefficient (Wildman–Crippen LogP) is 4.64. The molecule has 0 aliphatic rings. The maximum absolute atomic E-state index is 12.1. The van der Waals surface area contributed by atoms with Crippen molar-refractivity contribution >= 4 is 38.3 Å². The van der Waals surface area contributed by atoms with Crippen LogP contribution in [-0.2, 0) is 6.61 Å². The molecule has 0 unspecified atom stereocenters. The number of amides is 1. The lowest BCUT2D eigenvalue weighted by atomic mass is 10.3. The summed E-state index contributed by atoms with van der Waals surface area (Å²) in [6, 6.07) is 10.9. The minimum atomic E-state index is -0.326. The van der Waals surface area contributed by atoms with Crippen LogP contribution in [0.25, 0.3) is 0 Å². The van der Waals surface area contributed by atoms with Crippen LogP contribution in [0.15, 0.2) is 51.5 Å². The number of nitrogens with zero attached hydrogens (tertiary/aromatic N) is 1. The normalized spacial score (nSPS) is 10.5. The van der Waals surface area contributed by atoms with E-state index in [-0.39, 0.29) is 18.3 Å². The molecule has 7 heteroatoms. The van der Waals surface area contributed by atoms with Crippen molar-refractivity contribution in [2.45, 2.75) is 13.5 Å². The second-order valence-corrected chi connectivity index (χ2v) is 6.89. The lowest BCUT2D eigenvalue weighted by Crippen LogP contribution is -2.10. The van der Waals surface area contributed by atoms with E-state index in [1.807, 2.05) is 31.2 Å². The first-order valence-electron chi connectivity index (χ1n) is 6.81. The molecule has 1 amide bonds. The molecule has 23 heavy (non-hydrogen) atoms. The fourth-order valence-corrected chi connectivity index (χ4v) is 2.90. The lowest BCUT2D eigenvalue weighted by Gasteiger charge is -2.04. The van der Waals surface area contributed by atoms with Gasteiger partial charge >= 0.3 is 0 Å². The number of nitrogens with one attached hydrogen (secondary N) is 1. The largest absolute Gasteiger partial charge is 0.486 e. The smallest absolute Gasteiger partial charge is 0.293 e. The number of hydrogen-bond acceptors (Lipinski definition) is 5. The van der Waals surface area contributed by atoms with Gasteiger partial charge in [-0.05, 0) is 37.3 Å². The van der Waals surface area contributed by atoms with E-state index in [4.69, 9.17) is 9.15 Å². The van der Waals surface area contributed by atoms with Gasteiger partial charge < -0.3 is 9.15 Å². The van der Waals surface area contributed by atoms with E-state index in [1.165, 1.54) is 11.3 Å². The van der Waals surface area contributed by atoms with E-state index in [0.29, 0.717) is 10.9 Å². The first-order valence-corrected chi connectivity index (χ1v) is 8.42. The lowest BCUT2D eigenvalue weighted by molar-refractivity contribution is 0.0992. The number of thiazole rings is 1. The van der Waals surface area contributed by atoms with Crippen molar-refractivity contribution in [3.05, 3.63) is 63.5 Å². The van der Waals surface area contributed by atoms with Gasteiger partial charge in [0.25, 0.3) is 5.91 Å². The molecule has 5 nitrogen and oxygen atoms in total. The third-order valence-corrected chi connectivity index (χ3v) is 4.23.